The van der Waals surface area contributed by atoms with E-state index in [9.17, 15) is 13.2 Å². The van der Waals surface area contributed by atoms with E-state index in [1.54, 1.807) is 6.92 Å². The lowest BCUT2D eigenvalue weighted by molar-refractivity contribution is 0.142. The van der Waals surface area contributed by atoms with Crippen LogP contribution in [0.2, 0.25) is 0 Å². The molecule has 0 radical (unpaired) electrons. The average Bonchev–Trinajstić information content (AvgIpc) is 2.53. The van der Waals surface area contributed by atoms with E-state index in [4.69, 9.17) is 0 Å². The fraction of sp³-hybridized carbons (Fsp3) is 0.722. The molecule has 1 unspecified atom stereocenters. The molecule has 24 heavy (non-hydrogen) atoms. The van der Waals surface area contributed by atoms with Gasteiger partial charge in [-0.3, -0.25) is 0 Å². The maximum atomic E-state index is 12.7. The van der Waals surface area contributed by atoms with Gasteiger partial charge in [0.25, 0.3) is 0 Å². The minimum atomic E-state index is -3.17. The monoisotopic (exact) mass is 354 g/mol. The quantitative estimate of drug-likeness (QED) is 0.788. The number of nitrogens with one attached hydrogen (secondary N) is 1. The van der Waals surface area contributed by atoms with Crippen LogP contribution in [-0.2, 0) is 9.84 Å². The van der Waals surface area contributed by atoms with Crippen LogP contribution in [0.15, 0.2) is 23.1 Å². The first kappa shape index (κ1) is 19.0. The number of carbonyl (C=O) groups excluding carboxylic acids is 1. The lowest BCUT2D eigenvalue weighted by Gasteiger charge is -2.41. The number of rotatable bonds is 4. The van der Waals surface area contributed by atoms with Gasteiger partial charge < -0.3 is 10.2 Å². The van der Waals surface area contributed by atoms with Gasteiger partial charge in [0.05, 0.1) is 6.04 Å². The minimum absolute atomic E-state index is 0.0935. The maximum Gasteiger partial charge on any atom is 0.318 e. The van der Waals surface area contributed by atoms with Crippen LogP contribution < -0.4 is 5.32 Å². The fourth-order valence-electron chi connectivity index (χ4n) is 3.49. The van der Waals surface area contributed by atoms with Gasteiger partial charge in [0.1, 0.15) is 0 Å². The van der Waals surface area contributed by atoms with Gasteiger partial charge in [0.15, 0.2) is 9.84 Å². The zero-order valence-corrected chi connectivity index (χ0v) is 15.8. The van der Waals surface area contributed by atoms with Crippen LogP contribution >= 0.6 is 0 Å². The van der Waals surface area contributed by atoms with Crippen molar-refractivity contribution in [1.29, 1.82) is 0 Å². The summed E-state index contributed by atoms with van der Waals surface area (Å²) >= 11 is 0. The van der Waals surface area contributed by atoms with E-state index in [-0.39, 0.29) is 18.1 Å². The van der Waals surface area contributed by atoms with Crippen molar-refractivity contribution in [1.82, 2.24) is 10.2 Å². The lowest BCUT2D eigenvalue weighted by atomic mass is 9.84. The molecule has 2 aliphatic rings. The largest absolute Gasteiger partial charge is 0.332 e. The number of allylic oxidation sites excluding steroid dienone is 1. The Morgan fingerprint density at radius 2 is 2.17 bits per heavy atom. The van der Waals surface area contributed by atoms with Crippen molar-refractivity contribution in [2.24, 2.45) is 5.92 Å². The Hall–Kier alpha value is -1.30. The molecular formula is C18H30N2O3S. The van der Waals surface area contributed by atoms with Crippen molar-refractivity contribution < 1.29 is 13.2 Å². The van der Waals surface area contributed by atoms with Crippen LogP contribution in [0, 0.1) is 5.92 Å². The molecule has 6 heteroatoms. The number of sulfone groups is 1. The van der Waals surface area contributed by atoms with E-state index in [1.807, 2.05) is 4.90 Å². The van der Waals surface area contributed by atoms with Crippen molar-refractivity contribution in [3.05, 3.63) is 23.1 Å². The zero-order valence-electron chi connectivity index (χ0n) is 15.0. The summed E-state index contributed by atoms with van der Waals surface area (Å²) in [6.45, 7) is 4.81. The highest BCUT2D eigenvalue weighted by Crippen LogP contribution is 2.32. The smallest absolute Gasteiger partial charge is 0.318 e. The van der Waals surface area contributed by atoms with Gasteiger partial charge in [-0.05, 0) is 51.4 Å². The minimum Gasteiger partial charge on any atom is -0.332 e. The first-order valence-electron chi connectivity index (χ1n) is 8.90. The summed E-state index contributed by atoms with van der Waals surface area (Å²) in [7, 11) is -3.17. The lowest BCUT2D eigenvalue weighted by Crippen LogP contribution is -2.52. The number of likely N-dealkylation sites (tertiary alicyclic amines) is 1. The van der Waals surface area contributed by atoms with E-state index < -0.39 is 9.84 Å². The van der Waals surface area contributed by atoms with Gasteiger partial charge in [-0.15, -0.1) is 0 Å². The van der Waals surface area contributed by atoms with E-state index >= 15 is 0 Å². The first-order valence-corrected chi connectivity index (χ1v) is 10.9. The van der Waals surface area contributed by atoms with Crippen molar-refractivity contribution in [2.45, 2.75) is 64.5 Å². The summed E-state index contributed by atoms with van der Waals surface area (Å²) in [5.41, 5.74) is 1.40. The Morgan fingerprint density at radius 1 is 1.42 bits per heavy atom. The third kappa shape index (κ3) is 5.65. The molecular weight excluding hydrogens is 324 g/mol. The van der Waals surface area contributed by atoms with E-state index in [2.05, 4.69) is 18.3 Å². The van der Waals surface area contributed by atoms with E-state index in [0.717, 1.165) is 43.9 Å². The number of piperidine rings is 1. The molecule has 2 rings (SSSR count). The van der Waals surface area contributed by atoms with Crippen molar-refractivity contribution in [3.8, 4) is 0 Å². The summed E-state index contributed by atoms with van der Waals surface area (Å²) in [6.07, 6.45) is 11.7. The van der Waals surface area contributed by atoms with Crippen LogP contribution in [0.25, 0.3) is 0 Å². The highest BCUT2D eigenvalue weighted by molar-refractivity contribution is 7.93. The van der Waals surface area contributed by atoms with Gasteiger partial charge in [-0.2, -0.15) is 0 Å². The number of hydrogen-bond acceptors (Lipinski definition) is 3. The summed E-state index contributed by atoms with van der Waals surface area (Å²) in [5, 5.41) is 4.06. The third-order valence-corrected chi connectivity index (χ3v) is 5.50. The molecule has 0 aromatic rings. The highest BCUT2D eigenvalue weighted by Gasteiger charge is 2.32. The average molecular weight is 355 g/mol. The van der Waals surface area contributed by atoms with Crippen molar-refractivity contribution >= 4 is 15.9 Å². The molecule has 0 spiro atoms. The number of amides is 2. The predicted octanol–water partition coefficient (Wildman–Crippen LogP) is 3.24. The fourth-order valence-corrected chi connectivity index (χ4v) is 4.01. The van der Waals surface area contributed by atoms with Crippen LogP contribution in [0.4, 0.5) is 4.79 Å². The van der Waals surface area contributed by atoms with Crippen LogP contribution in [-0.4, -0.2) is 44.2 Å². The van der Waals surface area contributed by atoms with Gasteiger partial charge in [-0.25, -0.2) is 13.2 Å². The maximum absolute atomic E-state index is 12.7. The standard InChI is InChI=1S/C18H30N2O3S/c1-14-9-11-20(17(13-14)16-7-5-4-6-8-16)18(21)19-15(2)10-12-24(3,22)23/h7,10,12,14-15,17H,4-6,8-9,11,13H2,1-3H3,(H,19,21)/b12-10+/t14-,15?,17+/m0/s1. The van der Waals surface area contributed by atoms with Gasteiger partial charge in [0.2, 0.25) is 0 Å². The molecule has 0 aromatic heterocycles. The molecule has 0 saturated carbocycles. The van der Waals surface area contributed by atoms with Crippen LogP contribution in [0.3, 0.4) is 0 Å². The number of carbonyl (C=O) groups is 1. The molecule has 0 bridgehead atoms. The summed E-state index contributed by atoms with van der Waals surface area (Å²) in [4.78, 5) is 14.6. The van der Waals surface area contributed by atoms with Crippen molar-refractivity contribution in [2.75, 3.05) is 12.8 Å². The van der Waals surface area contributed by atoms with Crippen LogP contribution in [0.1, 0.15) is 52.4 Å². The van der Waals surface area contributed by atoms with Crippen molar-refractivity contribution in [3.63, 3.8) is 0 Å². The van der Waals surface area contributed by atoms with E-state index in [1.165, 1.54) is 24.5 Å². The second-order valence-corrected chi connectivity index (χ2v) is 9.19. The molecule has 3 atom stereocenters. The topological polar surface area (TPSA) is 66.5 Å². The summed E-state index contributed by atoms with van der Waals surface area (Å²) < 4.78 is 22.4. The first-order chi connectivity index (χ1) is 11.3. The van der Waals surface area contributed by atoms with Gasteiger partial charge >= 0.3 is 6.03 Å². The Kier molecular flexibility index (Phi) is 6.49. The van der Waals surface area contributed by atoms with Crippen LogP contribution in [0.5, 0.6) is 0 Å². The Labute approximate surface area is 146 Å². The second-order valence-electron chi connectivity index (χ2n) is 7.26. The Bertz CT molecular complexity index is 610. The molecule has 1 fully saturated rings. The summed E-state index contributed by atoms with van der Waals surface area (Å²) in [6, 6.07) is -0.211. The molecule has 1 N–H and O–H groups in total. The zero-order chi connectivity index (χ0) is 17.7. The normalized spacial score (nSPS) is 27.0. The molecule has 1 aliphatic carbocycles. The molecule has 2 amide bonds. The second kappa shape index (κ2) is 8.19. The summed E-state index contributed by atoms with van der Waals surface area (Å²) in [5.74, 6) is 0.629. The predicted molar refractivity (Wildman–Crippen MR) is 97.4 cm³/mol. The molecule has 1 saturated heterocycles. The van der Waals surface area contributed by atoms with E-state index in [0.29, 0.717) is 5.92 Å². The molecule has 5 nitrogen and oxygen atoms in total. The molecule has 1 aliphatic heterocycles. The third-order valence-electron chi connectivity index (χ3n) is 4.85. The molecule has 1 heterocycles. The molecule has 136 valence electrons. The van der Waals surface area contributed by atoms with Gasteiger partial charge in [-0.1, -0.05) is 24.6 Å². The number of nitrogens with zero attached hydrogens (tertiary/aromatic N) is 1. The Morgan fingerprint density at radius 3 is 2.79 bits per heavy atom. The molecule has 0 aromatic carbocycles. The number of urea groups is 1. The highest BCUT2D eigenvalue weighted by atomic mass is 32.2. The van der Waals surface area contributed by atoms with Gasteiger partial charge in [0, 0.05) is 24.3 Å². The Balaban J connectivity index is 2.04. The SMILES string of the molecule is CC(/C=C/S(C)(=O)=O)NC(=O)N1CC[C@H](C)C[C@@H]1C1=CCCCC1. The number of hydrogen-bond donors (Lipinski definition) is 1.